The first-order valence-corrected chi connectivity index (χ1v) is 6.22. The van der Waals surface area contributed by atoms with Gasteiger partial charge in [0.1, 0.15) is 12.8 Å². The fraction of sp³-hybridized carbons (Fsp3) is 0.385. The second-order valence-corrected chi connectivity index (χ2v) is 4.66. The van der Waals surface area contributed by atoms with Crippen molar-refractivity contribution in [3.05, 3.63) is 34.9 Å². The first kappa shape index (κ1) is 12.9. The van der Waals surface area contributed by atoms with Gasteiger partial charge in [-0.3, -0.25) is 4.79 Å². The third-order valence-corrected chi connectivity index (χ3v) is 3.01. The van der Waals surface area contributed by atoms with Crippen LogP contribution in [0.25, 0.3) is 0 Å². The molecule has 18 heavy (non-hydrogen) atoms. The molecule has 5 heteroatoms. The van der Waals surface area contributed by atoms with E-state index in [0.717, 1.165) is 18.4 Å². The van der Waals surface area contributed by atoms with Crippen LogP contribution in [0.2, 0.25) is 5.02 Å². The summed E-state index contributed by atoms with van der Waals surface area (Å²) >= 11 is 5.83. The summed E-state index contributed by atoms with van der Waals surface area (Å²) in [5.74, 6) is 0.284. The van der Waals surface area contributed by atoms with Crippen LogP contribution in [0, 0.1) is 5.92 Å². The summed E-state index contributed by atoms with van der Waals surface area (Å²) in [5.41, 5.74) is 1.57. The minimum Gasteiger partial charge on any atom is -0.399 e. The monoisotopic (exact) mass is 266 g/mol. The van der Waals surface area contributed by atoms with Gasteiger partial charge in [-0.25, -0.2) is 0 Å². The maximum absolute atomic E-state index is 11.6. The van der Waals surface area contributed by atoms with Crippen LogP contribution in [0.3, 0.4) is 0 Å². The van der Waals surface area contributed by atoms with Crippen molar-refractivity contribution in [2.24, 2.45) is 11.1 Å². The predicted molar refractivity (Wildman–Crippen MR) is 70.7 cm³/mol. The summed E-state index contributed by atoms with van der Waals surface area (Å²) in [5, 5.41) is 7.46. The number of hydrogen-bond acceptors (Lipinski definition) is 3. The highest BCUT2D eigenvalue weighted by Crippen LogP contribution is 2.28. The number of nitrogens with zero attached hydrogens (tertiary/aromatic N) is 1. The van der Waals surface area contributed by atoms with Gasteiger partial charge in [-0.1, -0.05) is 28.9 Å². The van der Waals surface area contributed by atoms with Gasteiger partial charge in [0.15, 0.2) is 0 Å². The molecule has 0 unspecified atom stereocenters. The molecule has 0 bridgehead atoms. The normalized spacial score (nSPS) is 15.3. The number of amides is 1. The molecule has 0 spiro atoms. The topological polar surface area (TPSA) is 50.7 Å². The molecule has 1 aromatic carbocycles. The zero-order valence-electron chi connectivity index (χ0n) is 10.1. The summed E-state index contributed by atoms with van der Waals surface area (Å²) in [6.45, 7) is 0.366. The van der Waals surface area contributed by atoms with Crippen molar-refractivity contribution in [3.8, 4) is 0 Å². The largest absolute Gasteiger partial charge is 0.399 e. The lowest BCUT2D eigenvalue weighted by atomic mass is 10.1. The molecule has 0 heterocycles. The minimum atomic E-state index is 0.0905. The summed E-state index contributed by atoms with van der Waals surface area (Å²) in [6.07, 6.45) is 1.98. The molecule has 0 aliphatic heterocycles. The highest BCUT2D eigenvalue weighted by atomic mass is 35.5. The van der Waals surface area contributed by atoms with Crippen molar-refractivity contribution in [3.63, 3.8) is 0 Å². The number of carbonyl (C=O) groups excluding carboxylic acids is 1. The molecule has 1 aliphatic rings. The average molecular weight is 267 g/mol. The fourth-order valence-corrected chi connectivity index (χ4v) is 1.73. The zero-order valence-corrected chi connectivity index (χ0v) is 10.9. The number of rotatable bonds is 5. The quantitative estimate of drug-likeness (QED) is 0.656. The first-order valence-electron chi connectivity index (χ1n) is 5.84. The Kier molecular flexibility index (Phi) is 4.20. The molecule has 4 nitrogen and oxygen atoms in total. The van der Waals surface area contributed by atoms with E-state index in [-0.39, 0.29) is 11.8 Å². The number of halogens is 1. The maximum atomic E-state index is 11.6. The molecule has 0 aromatic heterocycles. The molecule has 96 valence electrons. The molecule has 1 amide bonds. The lowest BCUT2D eigenvalue weighted by molar-refractivity contribution is -0.121. The van der Waals surface area contributed by atoms with Crippen LogP contribution in [-0.2, 0) is 9.63 Å². The lowest BCUT2D eigenvalue weighted by Gasteiger charge is -2.07. The Morgan fingerprint density at radius 3 is 2.67 bits per heavy atom. The molecule has 0 radical (unpaired) electrons. The van der Waals surface area contributed by atoms with E-state index in [1.165, 1.54) is 7.11 Å². The molecular weight excluding hydrogens is 252 g/mol. The average Bonchev–Trinajstić information content (AvgIpc) is 3.19. The van der Waals surface area contributed by atoms with Crippen LogP contribution in [0.15, 0.2) is 29.4 Å². The molecule has 0 atom stereocenters. The highest BCUT2D eigenvalue weighted by molar-refractivity contribution is 6.30. The van der Waals surface area contributed by atoms with Crippen molar-refractivity contribution in [2.75, 3.05) is 13.7 Å². The van der Waals surface area contributed by atoms with Gasteiger partial charge in [-0.15, -0.1) is 0 Å². The van der Waals surface area contributed by atoms with E-state index < -0.39 is 0 Å². The number of nitrogens with one attached hydrogen (secondary N) is 1. The van der Waals surface area contributed by atoms with Gasteiger partial charge in [-0.05, 0) is 25.0 Å². The van der Waals surface area contributed by atoms with Crippen molar-refractivity contribution >= 4 is 23.2 Å². The van der Waals surface area contributed by atoms with Crippen LogP contribution >= 0.6 is 11.6 Å². The Bertz CT molecular complexity index is 453. The molecule has 1 saturated carbocycles. The Hall–Kier alpha value is -1.55. The van der Waals surface area contributed by atoms with E-state index in [9.17, 15) is 4.79 Å². The maximum Gasteiger partial charge on any atom is 0.223 e. The summed E-state index contributed by atoms with van der Waals surface area (Å²) in [7, 11) is 1.48. The minimum absolute atomic E-state index is 0.0905. The Morgan fingerprint density at radius 2 is 2.11 bits per heavy atom. The number of carbonyl (C=O) groups is 1. The van der Waals surface area contributed by atoms with Gasteiger partial charge in [-0.2, -0.15) is 0 Å². The van der Waals surface area contributed by atoms with Gasteiger partial charge < -0.3 is 10.2 Å². The molecule has 0 saturated heterocycles. The smallest absolute Gasteiger partial charge is 0.223 e. The highest BCUT2D eigenvalue weighted by Gasteiger charge is 2.29. The van der Waals surface area contributed by atoms with Gasteiger partial charge in [0.05, 0.1) is 6.54 Å². The van der Waals surface area contributed by atoms with Crippen LogP contribution in [0.4, 0.5) is 0 Å². The Morgan fingerprint density at radius 1 is 1.44 bits per heavy atom. The van der Waals surface area contributed by atoms with Crippen LogP contribution < -0.4 is 5.32 Å². The van der Waals surface area contributed by atoms with Gasteiger partial charge in [0.25, 0.3) is 0 Å². The summed E-state index contributed by atoms with van der Waals surface area (Å²) < 4.78 is 0. The van der Waals surface area contributed by atoms with Crippen molar-refractivity contribution < 1.29 is 9.63 Å². The molecule has 2 rings (SSSR count). The molecular formula is C13H15ClN2O2. The van der Waals surface area contributed by atoms with Crippen LogP contribution in [0.5, 0.6) is 0 Å². The predicted octanol–water partition coefficient (Wildman–Crippen LogP) is 2.22. The van der Waals surface area contributed by atoms with E-state index in [2.05, 4.69) is 10.5 Å². The van der Waals surface area contributed by atoms with E-state index in [4.69, 9.17) is 16.4 Å². The second kappa shape index (κ2) is 5.87. The van der Waals surface area contributed by atoms with E-state index in [1.54, 1.807) is 12.1 Å². The second-order valence-electron chi connectivity index (χ2n) is 4.22. The third-order valence-electron chi connectivity index (χ3n) is 2.76. The molecule has 1 aromatic rings. The molecule has 1 aliphatic carbocycles. The van der Waals surface area contributed by atoms with Crippen molar-refractivity contribution in [1.29, 1.82) is 0 Å². The standard InChI is InChI=1S/C13H15ClN2O2/c1-18-16-12(8-15-13(17)10-2-3-10)9-4-6-11(14)7-5-9/h4-7,10H,2-3,8H2,1H3,(H,15,17)/b16-12-. The lowest BCUT2D eigenvalue weighted by Crippen LogP contribution is -2.31. The number of benzene rings is 1. The fourth-order valence-electron chi connectivity index (χ4n) is 1.60. The van der Waals surface area contributed by atoms with Gasteiger partial charge in [0.2, 0.25) is 5.91 Å². The summed E-state index contributed by atoms with van der Waals surface area (Å²) in [4.78, 5) is 16.4. The van der Waals surface area contributed by atoms with Crippen molar-refractivity contribution in [2.45, 2.75) is 12.8 Å². The van der Waals surface area contributed by atoms with Gasteiger partial charge in [0, 0.05) is 16.5 Å². The Balaban J connectivity index is 2.01. The molecule has 1 N–H and O–H groups in total. The van der Waals surface area contributed by atoms with Crippen LogP contribution in [0.1, 0.15) is 18.4 Å². The zero-order chi connectivity index (χ0) is 13.0. The number of hydrogen-bond donors (Lipinski definition) is 1. The number of oxime groups is 1. The van der Waals surface area contributed by atoms with E-state index >= 15 is 0 Å². The van der Waals surface area contributed by atoms with Crippen molar-refractivity contribution in [1.82, 2.24) is 5.32 Å². The van der Waals surface area contributed by atoms with E-state index in [0.29, 0.717) is 17.3 Å². The SMILES string of the molecule is CO/N=C(/CNC(=O)C1CC1)c1ccc(Cl)cc1. The van der Waals surface area contributed by atoms with Crippen LogP contribution in [-0.4, -0.2) is 25.3 Å². The Labute approximate surface area is 111 Å². The summed E-state index contributed by atoms with van der Waals surface area (Å²) in [6, 6.07) is 7.27. The third kappa shape index (κ3) is 3.47. The van der Waals surface area contributed by atoms with Gasteiger partial charge >= 0.3 is 0 Å². The van der Waals surface area contributed by atoms with E-state index in [1.807, 2.05) is 12.1 Å². The first-order chi connectivity index (χ1) is 8.70. The molecule has 1 fully saturated rings.